The summed E-state index contributed by atoms with van der Waals surface area (Å²) in [4.78, 5) is 5.40. The van der Waals surface area contributed by atoms with Gasteiger partial charge in [0.2, 0.25) is 0 Å². The highest BCUT2D eigenvalue weighted by Crippen LogP contribution is 2.25. The second kappa shape index (κ2) is 13.2. The van der Waals surface area contributed by atoms with Gasteiger partial charge in [0.25, 0.3) is 10.0 Å². The maximum absolute atomic E-state index is 13.7. The zero-order chi connectivity index (χ0) is 21.3. The van der Waals surface area contributed by atoms with E-state index in [9.17, 15) is 12.8 Å². The van der Waals surface area contributed by atoms with Crippen LogP contribution >= 0.6 is 35.3 Å². The van der Waals surface area contributed by atoms with E-state index in [0.717, 1.165) is 4.88 Å². The van der Waals surface area contributed by atoms with Crippen molar-refractivity contribution in [3.8, 4) is 0 Å². The lowest BCUT2D eigenvalue weighted by Gasteiger charge is -2.16. The molecule has 1 heterocycles. The van der Waals surface area contributed by atoms with Crippen LogP contribution in [0.1, 0.15) is 31.2 Å². The molecule has 2 rings (SSSR count). The van der Waals surface area contributed by atoms with Crippen LogP contribution in [0.4, 0.5) is 4.39 Å². The van der Waals surface area contributed by atoms with Crippen LogP contribution in [0.15, 0.2) is 45.6 Å². The zero-order valence-electron chi connectivity index (χ0n) is 17.5. The minimum absolute atomic E-state index is 0. The molecule has 2 aromatic rings. The van der Waals surface area contributed by atoms with Gasteiger partial charge >= 0.3 is 0 Å². The number of nitrogens with one attached hydrogen (secondary N) is 2. The van der Waals surface area contributed by atoms with E-state index in [1.807, 2.05) is 26.8 Å². The molecule has 6 nitrogen and oxygen atoms in total. The summed E-state index contributed by atoms with van der Waals surface area (Å²) in [6.45, 7) is 8.07. The lowest BCUT2D eigenvalue weighted by molar-refractivity contribution is 0.447. The van der Waals surface area contributed by atoms with Gasteiger partial charge < -0.3 is 10.6 Å². The van der Waals surface area contributed by atoms with Gasteiger partial charge in [-0.05, 0) is 31.5 Å². The van der Waals surface area contributed by atoms with Crippen LogP contribution in [-0.2, 0) is 23.0 Å². The van der Waals surface area contributed by atoms with E-state index >= 15 is 0 Å². The van der Waals surface area contributed by atoms with Crippen LogP contribution in [0.2, 0.25) is 0 Å². The van der Waals surface area contributed by atoms with E-state index < -0.39 is 10.0 Å². The van der Waals surface area contributed by atoms with Gasteiger partial charge in [-0.2, -0.15) is 4.31 Å². The second-order valence-electron chi connectivity index (χ2n) is 6.27. The summed E-state index contributed by atoms with van der Waals surface area (Å²) < 4.78 is 40.7. The Balaban J connectivity index is 0.00000450. The molecule has 0 saturated carbocycles. The van der Waals surface area contributed by atoms with Crippen LogP contribution in [-0.4, -0.2) is 44.9 Å². The van der Waals surface area contributed by atoms with Crippen LogP contribution in [0.5, 0.6) is 0 Å². The van der Waals surface area contributed by atoms with Crippen LogP contribution < -0.4 is 10.6 Å². The number of hydrogen-bond donors (Lipinski definition) is 2. The van der Waals surface area contributed by atoms with Crippen molar-refractivity contribution in [1.29, 1.82) is 0 Å². The lowest BCUT2D eigenvalue weighted by Crippen LogP contribution is -2.38. The lowest BCUT2D eigenvalue weighted by atomic mass is 10.2. The van der Waals surface area contributed by atoms with E-state index in [0.29, 0.717) is 48.3 Å². The van der Waals surface area contributed by atoms with Gasteiger partial charge in [-0.3, -0.25) is 0 Å². The first-order chi connectivity index (χ1) is 13.9. The molecule has 0 atom stereocenters. The number of rotatable bonds is 10. The summed E-state index contributed by atoms with van der Waals surface area (Å²) in [5.41, 5.74) is 0.536. The fraction of sp³-hybridized carbons (Fsp3) is 0.450. The Bertz CT molecular complexity index is 915. The fourth-order valence-corrected chi connectivity index (χ4v) is 5.73. The number of aliphatic imine (C=N–C) groups is 1. The molecule has 0 aliphatic heterocycles. The summed E-state index contributed by atoms with van der Waals surface area (Å²) in [7, 11) is -3.41. The molecule has 2 N–H and O–H groups in total. The highest BCUT2D eigenvalue weighted by atomic mass is 127. The predicted molar refractivity (Wildman–Crippen MR) is 133 cm³/mol. The molecule has 0 saturated heterocycles. The molecule has 0 amide bonds. The monoisotopic (exact) mass is 568 g/mol. The summed E-state index contributed by atoms with van der Waals surface area (Å²) in [5.74, 6) is 0.330. The van der Waals surface area contributed by atoms with Gasteiger partial charge in [-0.25, -0.2) is 17.8 Å². The molecule has 168 valence electrons. The van der Waals surface area contributed by atoms with Gasteiger partial charge in [0.15, 0.2) is 5.96 Å². The maximum atomic E-state index is 13.7. The Morgan fingerprint density at radius 1 is 1.10 bits per heavy atom. The standard InChI is InChI=1S/C20H29FN4O2S2.HI/c1-4-22-20(24-15-16-9-7-8-10-18(16)21)23-14-13-17-11-12-19(28-17)29(26,27)25(5-2)6-3;/h7-12H,4-6,13-15H2,1-3H3,(H2,22,23,24);1H. The number of halogens is 2. The summed E-state index contributed by atoms with van der Waals surface area (Å²) in [6, 6.07) is 10.1. The Morgan fingerprint density at radius 3 is 2.43 bits per heavy atom. The van der Waals surface area contributed by atoms with E-state index in [1.165, 1.54) is 21.7 Å². The highest BCUT2D eigenvalue weighted by Gasteiger charge is 2.23. The third-order valence-electron chi connectivity index (χ3n) is 4.31. The Morgan fingerprint density at radius 2 is 1.80 bits per heavy atom. The van der Waals surface area contributed by atoms with E-state index in [2.05, 4.69) is 15.6 Å². The minimum atomic E-state index is -3.41. The normalized spacial score (nSPS) is 12.0. The van der Waals surface area contributed by atoms with Crippen LogP contribution in [0, 0.1) is 5.82 Å². The molecule has 0 radical (unpaired) electrons. The largest absolute Gasteiger partial charge is 0.357 e. The molecule has 0 bridgehead atoms. The molecule has 0 aliphatic rings. The maximum Gasteiger partial charge on any atom is 0.252 e. The Kier molecular flexibility index (Phi) is 11.8. The van der Waals surface area contributed by atoms with Gasteiger partial charge in [0.1, 0.15) is 10.0 Å². The smallest absolute Gasteiger partial charge is 0.252 e. The van der Waals surface area contributed by atoms with Gasteiger partial charge in [0.05, 0.1) is 6.54 Å². The summed E-state index contributed by atoms with van der Waals surface area (Å²) in [5, 5.41) is 6.35. The van der Waals surface area contributed by atoms with Gasteiger partial charge in [0, 0.05) is 36.6 Å². The van der Waals surface area contributed by atoms with Crippen LogP contribution in [0.3, 0.4) is 0 Å². The highest BCUT2D eigenvalue weighted by molar-refractivity contribution is 14.0. The third kappa shape index (κ3) is 7.47. The molecule has 1 aromatic carbocycles. The van der Waals surface area contributed by atoms with E-state index in [-0.39, 0.29) is 36.3 Å². The molecule has 10 heteroatoms. The average Bonchev–Trinajstić information content (AvgIpc) is 3.18. The second-order valence-corrected chi connectivity index (χ2v) is 9.61. The van der Waals surface area contributed by atoms with E-state index in [1.54, 1.807) is 24.3 Å². The number of nitrogens with zero attached hydrogens (tertiary/aromatic N) is 2. The number of sulfonamides is 1. The summed E-state index contributed by atoms with van der Waals surface area (Å²) in [6.07, 6.45) is 0.669. The van der Waals surface area contributed by atoms with Gasteiger partial charge in [-0.1, -0.05) is 32.0 Å². The molecule has 1 aromatic heterocycles. The topological polar surface area (TPSA) is 73.8 Å². The Labute approximate surface area is 200 Å². The van der Waals surface area contributed by atoms with Crippen molar-refractivity contribution in [2.45, 2.75) is 37.9 Å². The van der Waals surface area contributed by atoms with Crippen molar-refractivity contribution < 1.29 is 12.8 Å². The molecular weight excluding hydrogens is 538 g/mol. The van der Waals surface area contributed by atoms with E-state index in [4.69, 9.17) is 0 Å². The van der Waals surface area contributed by atoms with Gasteiger partial charge in [-0.15, -0.1) is 35.3 Å². The van der Waals surface area contributed by atoms with Crippen molar-refractivity contribution in [2.24, 2.45) is 4.99 Å². The SMILES string of the molecule is CCNC(=NCc1ccccc1F)NCCc1ccc(S(=O)(=O)N(CC)CC)s1.I. The first-order valence-corrected chi connectivity index (χ1v) is 12.0. The quantitative estimate of drug-likeness (QED) is 0.260. The minimum Gasteiger partial charge on any atom is -0.357 e. The molecular formula is C20H30FIN4O2S2. The number of hydrogen-bond acceptors (Lipinski definition) is 4. The predicted octanol–water partition coefficient (Wildman–Crippen LogP) is 3.83. The molecule has 0 unspecified atom stereocenters. The van der Waals surface area contributed by atoms with Crippen molar-refractivity contribution in [1.82, 2.24) is 14.9 Å². The number of thiophene rings is 1. The van der Waals surface area contributed by atoms with Crippen molar-refractivity contribution >= 4 is 51.3 Å². The van der Waals surface area contributed by atoms with Crippen molar-refractivity contribution in [3.63, 3.8) is 0 Å². The first kappa shape index (κ1) is 26.8. The van der Waals surface area contributed by atoms with Crippen LogP contribution in [0.25, 0.3) is 0 Å². The fourth-order valence-electron chi connectivity index (χ4n) is 2.76. The molecule has 30 heavy (non-hydrogen) atoms. The summed E-state index contributed by atoms with van der Waals surface area (Å²) >= 11 is 1.30. The zero-order valence-corrected chi connectivity index (χ0v) is 21.5. The van der Waals surface area contributed by atoms with Crippen molar-refractivity contribution in [3.05, 3.63) is 52.7 Å². The van der Waals surface area contributed by atoms with Crippen molar-refractivity contribution in [2.75, 3.05) is 26.2 Å². The Hall–Kier alpha value is -1.24. The number of benzene rings is 1. The molecule has 0 aliphatic carbocycles. The molecule has 0 fully saturated rings. The third-order valence-corrected chi connectivity index (χ3v) is 7.97. The molecule has 0 spiro atoms. The average molecular weight is 569 g/mol. The first-order valence-electron chi connectivity index (χ1n) is 9.76. The number of guanidine groups is 1.